The van der Waals surface area contributed by atoms with Crippen LogP contribution < -0.4 is 0 Å². The van der Waals surface area contributed by atoms with E-state index in [9.17, 15) is 15.0 Å². The number of hydrogen-bond donors (Lipinski definition) is 2. The van der Waals surface area contributed by atoms with Gasteiger partial charge in [0.1, 0.15) is 5.60 Å². The Labute approximate surface area is 228 Å². The van der Waals surface area contributed by atoms with E-state index in [0.29, 0.717) is 11.1 Å². The second-order valence-electron chi connectivity index (χ2n) is 11.4. The van der Waals surface area contributed by atoms with Gasteiger partial charge in [0.2, 0.25) is 0 Å². The molecule has 5 nitrogen and oxygen atoms in total. The van der Waals surface area contributed by atoms with Gasteiger partial charge in [0.15, 0.2) is 14.4 Å². The van der Waals surface area contributed by atoms with Crippen LogP contribution in [0.1, 0.15) is 81.7 Å². The number of fused-ring (bicyclic) bond motifs is 3. The lowest BCUT2D eigenvalue weighted by Gasteiger charge is -2.55. The summed E-state index contributed by atoms with van der Waals surface area (Å²) in [5, 5.41) is 23.8. The maximum absolute atomic E-state index is 13.4. The Hall–Kier alpha value is -2.51. The minimum atomic E-state index is -2.12. The predicted molar refractivity (Wildman–Crippen MR) is 153 cm³/mol. The summed E-state index contributed by atoms with van der Waals surface area (Å²) in [5.41, 5.74) is 1.80. The van der Waals surface area contributed by atoms with Crippen molar-refractivity contribution in [1.29, 1.82) is 0 Å². The molecule has 204 valence electrons. The highest BCUT2D eigenvalue weighted by atomic mass is 28.4. The Bertz CT molecular complexity index is 1220. The van der Waals surface area contributed by atoms with Crippen LogP contribution in [0.4, 0.5) is 0 Å². The average Bonchev–Trinajstić information content (AvgIpc) is 2.92. The lowest BCUT2D eigenvalue weighted by molar-refractivity contribution is -0.165. The molecule has 2 bridgehead atoms. The summed E-state index contributed by atoms with van der Waals surface area (Å²) in [6.07, 6.45) is -2.38. The van der Waals surface area contributed by atoms with Gasteiger partial charge >= 0.3 is 5.97 Å². The average molecular weight is 535 g/mol. The summed E-state index contributed by atoms with van der Waals surface area (Å²) < 4.78 is 13.4. The Morgan fingerprint density at radius 3 is 2.13 bits per heavy atom. The number of esters is 1. The Morgan fingerprint density at radius 1 is 1.00 bits per heavy atom. The second kappa shape index (κ2) is 10.6. The maximum atomic E-state index is 13.4. The van der Waals surface area contributed by atoms with Crippen molar-refractivity contribution in [2.75, 3.05) is 0 Å². The standard InChI is InChI=1S/C32H42O5Si/c1-8-38(9-2,10-3)37-28-22(5)27-21(4)26(33)20-32(35,31(27,6)7)29(25-19-15-14-18-24(25)28)36-30(34)23-16-12-11-13-17-23/h11-19,26,28-29,33,35H,5,8-10,20H2,1-4,6-7H3/t26-,28+,29-,32+/m0/s1. The van der Waals surface area contributed by atoms with Gasteiger partial charge in [0.25, 0.3) is 0 Å². The molecule has 6 heteroatoms. The summed E-state index contributed by atoms with van der Waals surface area (Å²) in [6.45, 7) is 17.0. The van der Waals surface area contributed by atoms with Crippen LogP contribution in [-0.4, -0.2) is 36.2 Å². The van der Waals surface area contributed by atoms with Crippen molar-refractivity contribution < 1.29 is 24.2 Å². The molecule has 0 heterocycles. The molecule has 0 radical (unpaired) electrons. The zero-order valence-corrected chi connectivity index (χ0v) is 24.6. The predicted octanol–water partition coefficient (Wildman–Crippen LogP) is 7.06. The molecular formula is C32H42O5Si. The third kappa shape index (κ3) is 4.51. The molecule has 4 atom stereocenters. The Balaban J connectivity index is 1.99. The van der Waals surface area contributed by atoms with Crippen molar-refractivity contribution >= 4 is 14.3 Å². The van der Waals surface area contributed by atoms with E-state index in [1.807, 2.05) is 51.1 Å². The highest BCUT2D eigenvalue weighted by molar-refractivity contribution is 6.73. The Kier molecular flexibility index (Phi) is 7.93. The molecule has 2 aliphatic rings. The van der Waals surface area contributed by atoms with Crippen LogP contribution in [0.5, 0.6) is 0 Å². The number of aliphatic hydroxyl groups is 2. The van der Waals surface area contributed by atoms with Gasteiger partial charge in [-0.15, -0.1) is 0 Å². The van der Waals surface area contributed by atoms with Crippen LogP contribution in [0, 0.1) is 5.41 Å². The third-order valence-electron chi connectivity index (χ3n) is 9.27. The highest BCUT2D eigenvalue weighted by Crippen LogP contribution is 2.60. The Morgan fingerprint density at radius 2 is 1.55 bits per heavy atom. The van der Waals surface area contributed by atoms with E-state index in [1.165, 1.54) is 0 Å². The quantitative estimate of drug-likeness (QED) is 0.294. The zero-order chi connectivity index (χ0) is 27.9. The normalized spacial score (nSPS) is 26.8. The highest BCUT2D eigenvalue weighted by Gasteiger charge is 2.60. The summed E-state index contributed by atoms with van der Waals surface area (Å²) >= 11 is 0. The molecule has 0 saturated heterocycles. The number of hydrogen-bond acceptors (Lipinski definition) is 5. The van der Waals surface area contributed by atoms with Gasteiger partial charge in [-0.3, -0.25) is 0 Å². The molecule has 2 N–H and O–H groups in total. The van der Waals surface area contributed by atoms with E-state index >= 15 is 0 Å². The molecule has 0 fully saturated rings. The molecule has 38 heavy (non-hydrogen) atoms. The van der Waals surface area contributed by atoms with E-state index in [2.05, 4.69) is 27.4 Å². The molecule has 0 amide bonds. The van der Waals surface area contributed by atoms with Crippen molar-refractivity contribution in [3.63, 3.8) is 0 Å². The van der Waals surface area contributed by atoms with E-state index in [4.69, 9.17) is 9.16 Å². The topological polar surface area (TPSA) is 76.0 Å². The first-order valence-electron chi connectivity index (χ1n) is 13.8. The monoisotopic (exact) mass is 534 g/mol. The lowest BCUT2D eigenvalue weighted by Crippen LogP contribution is -2.58. The molecule has 2 aromatic carbocycles. The number of carbonyl (C=O) groups is 1. The smallest absolute Gasteiger partial charge is 0.338 e. The van der Waals surface area contributed by atoms with Crippen molar-refractivity contribution in [2.45, 2.75) is 90.0 Å². The number of aliphatic hydroxyl groups excluding tert-OH is 1. The lowest BCUT2D eigenvalue weighted by atomic mass is 9.55. The number of benzene rings is 2. The molecule has 0 aliphatic heterocycles. The summed E-state index contributed by atoms with van der Waals surface area (Å²) in [6, 6.07) is 19.5. The largest absolute Gasteiger partial charge is 0.451 e. The maximum Gasteiger partial charge on any atom is 0.338 e. The van der Waals surface area contributed by atoms with E-state index < -0.39 is 43.6 Å². The van der Waals surface area contributed by atoms with Crippen LogP contribution >= 0.6 is 0 Å². The van der Waals surface area contributed by atoms with Crippen molar-refractivity contribution in [2.24, 2.45) is 5.41 Å². The molecular weight excluding hydrogens is 492 g/mol. The molecule has 2 aliphatic carbocycles. The SMILES string of the molecule is C=C1C2=C(C)[C@@H](O)C[C@@](O)([C@@H](OC(=O)c3ccccc3)c3ccccc3[C@@H]1O[Si](CC)(CC)CC)C2(C)C. The van der Waals surface area contributed by atoms with Crippen molar-refractivity contribution in [3.8, 4) is 0 Å². The van der Waals surface area contributed by atoms with Crippen molar-refractivity contribution in [1.82, 2.24) is 0 Å². The van der Waals surface area contributed by atoms with Crippen LogP contribution in [0.2, 0.25) is 18.1 Å². The van der Waals surface area contributed by atoms with Crippen LogP contribution in [-0.2, 0) is 9.16 Å². The molecule has 0 aromatic heterocycles. The van der Waals surface area contributed by atoms with Gasteiger partial charge in [0.05, 0.1) is 17.8 Å². The van der Waals surface area contributed by atoms with Gasteiger partial charge in [-0.1, -0.05) is 83.7 Å². The summed E-state index contributed by atoms with van der Waals surface area (Å²) in [4.78, 5) is 13.4. The number of ether oxygens (including phenoxy) is 1. The first-order chi connectivity index (χ1) is 18.0. The molecule has 2 aromatic rings. The van der Waals surface area contributed by atoms with E-state index in [1.54, 1.807) is 24.3 Å². The van der Waals surface area contributed by atoms with Gasteiger partial charge < -0.3 is 19.4 Å². The van der Waals surface area contributed by atoms with Crippen LogP contribution in [0.15, 0.2) is 77.9 Å². The van der Waals surface area contributed by atoms with Crippen LogP contribution in [0.3, 0.4) is 0 Å². The molecule has 0 saturated carbocycles. The van der Waals surface area contributed by atoms with Gasteiger partial charge in [-0.25, -0.2) is 4.79 Å². The summed E-state index contributed by atoms with van der Waals surface area (Å²) in [7, 11) is -2.12. The number of rotatable bonds is 7. The minimum absolute atomic E-state index is 0.0345. The fraction of sp³-hybridized carbons (Fsp3) is 0.469. The van der Waals surface area contributed by atoms with Crippen molar-refractivity contribution in [3.05, 3.63) is 94.6 Å². The second-order valence-corrected chi connectivity index (χ2v) is 16.1. The first-order valence-corrected chi connectivity index (χ1v) is 16.3. The molecule has 0 unspecified atom stereocenters. The fourth-order valence-electron chi connectivity index (χ4n) is 6.53. The molecule has 4 rings (SSSR count). The zero-order valence-electron chi connectivity index (χ0n) is 23.6. The fourth-order valence-corrected chi connectivity index (χ4v) is 9.30. The summed E-state index contributed by atoms with van der Waals surface area (Å²) in [5.74, 6) is -0.520. The van der Waals surface area contributed by atoms with Gasteiger partial charge in [-0.2, -0.15) is 0 Å². The minimum Gasteiger partial charge on any atom is -0.451 e. The van der Waals surface area contributed by atoms with Gasteiger partial charge in [-0.05, 0) is 59.5 Å². The first kappa shape index (κ1) is 28.5. The van der Waals surface area contributed by atoms with E-state index in [-0.39, 0.29) is 6.42 Å². The molecule has 0 spiro atoms. The third-order valence-corrected chi connectivity index (χ3v) is 13.9. The number of carbonyl (C=O) groups excluding carboxylic acids is 1. The van der Waals surface area contributed by atoms with Crippen LogP contribution in [0.25, 0.3) is 0 Å². The van der Waals surface area contributed by atoms with E-state index in [0.717, 1.165) is 40.4 Å². The van der Waals surface area contributed by atoms with Gasteiger partial charge in [0, 0.05) is 17.4 Å².